The second-order valence-electron chi connectivity index (χ2n) is 2.72. The van der Waals surface area contributed by atoms with Gasteiger partial charge in [-0.1, -0.05) is 0 Å². The van der Waals surface area contributed by atoms with Crippen LogP contribution in [-0.2, 0) is 0 Å². The van der Waals surface area contributed by atoms with Gasteiger partial charge in [-0.05, 0) is 26.1 Å². The van der Waals surface area contributed by atoms with E-state index in [0.717, 1.165) is 0 Å². The molecule has 0 radical (unpaired) electrons. The molecule has 2 nitrogen and oxygen atoms in total. The summed E-state index contributed by atoms with van der Waals surface area (Å²) in [4.78, 5) is 0. The Morgan fingerprint density at radius 2 is 2.00 bits per heavy atom. The highest BCUT2D eigenvalue weighted by atomic mass is 32.1. The molecule has 0 aliphatic heterocycles. The molecule has 13 heavy (non-hydrogen) atoms. The molecule has 0 aliphatic rings. The number of halogens is 3. The Hall–Kier alpha value is -0.520. The lowest BCUT2D eigenvalue weighted by molar-refractivity contribution is -0.138. The predicted octanol–water partition coefficient (Wildman–Crippen LogP) is 1.81. The van der Waals surface area contributed by atoms with Crippen molar-refractivity contribution in [1.29, 1.82) is 0 Å². The number of thiocarbonyl (C=S) groups is 1. The topological polar surface area (TPSA) is 24.1 Å². The zero-order chi connectivity index (χ0) is 10.5. The van der Waals surface area contributed by atoms with Gasteiger partial charge in [0, 0.05) is 12.6 Å². The van der Waals surface area contributed by atoms with Crippen molar-refractivity contribution >= 4 is 17.3 Å². The van der Waals surface area contributed by atoms with Crippen molar-refractivity contribution in [1.82, 2.24) is 10.6 Å². The van der Waals surface area contributed by atoms with Crippen LogP contribution >= 0.6 is 12.2 Å². The lowest BCUT2D eigenvalue weighted by Gasteiger charge is -2.17. The maximum Gasteiger partial charge on any atom is 0.391 e. The van der Waals surface area contributed by atoms with E-state index in [9.17, 15) is 13.2 Å². The lowest BCUT2D eigenvalue weighted by atomic mass is 10.2. The van der Waals surface area contributed by atoms with E-state index >= 15 is 0 Å². The Morgan fingerprint density at radius 1 is 1.46 bits per heavy atom. The predicted molar refractivity (Wildman–Crippen MR) is 49.5 cm³/mol. The number of hydrogen-bond donors (Lipinski definition) is 2. The van der Waals surface area contributed by atoms with Gasteiger partial charge in [0.1, 0.15) is 0 Å². The molecule has 0 rings (SSSR count). The monoisotopic (exact) mass is 214 g/mol. The van der Waals surface area contributed by atoms with Crippen LogP contribution < -0.4 is 10.6 Å². The van der Waals surface area contributed by atoms with Crippen LogP contribution in [0.1, 0.15) is 20.3 Å². The number of alkyl halides is 3. The SMILES string of the molecule is CCNC(=S)NC(C)CC(F)(F)F. The van der Waals surface area contributed by atoms with E-state index < -0.39 is 18.6 Å². The first-order chi connectivity index (χ1) is 5.85. The van der Waals surface area contributed by atoms with Crippen molar-refractivity contribution in [2.45, 2.75) is 32.5 Å². The lowest BCUT2D eigenvalue weighted by Crippen LogP contribution is -2.42. The summed E-state index contributed by atoms with van der Waals surface area (Å²) in [5.41, 5.74) is 0. The second-order valence-corrected chi connectivity index (χ2v) is 3.13. The van der Waals surface area contributed by atoms with E-state index in [1.165, 1.54) is 6.92 Å². The number of rotatable bonds is 3. The smallest absolute Gasteiger partial charge is 0.363 e. The molecule has 0 bridgehead atoms. The van der Waals surface area contributed by atoms with Gasteiger partial charge in [0.25, 0.3) is 0 Å². The van der Waals surface area contributed by atoms with Crippen molar-refractivity contribution in [3.8, 4) is 0 Å². The highest BCUT2D eigenvalue weighted by molar-refractivity contribution is 7.80. The van der Waals surface area contributed by atoms with Crippen molar-refractivity contribution in [2.24, 2.45) is 0 Å². The molecule has 0 fully saturated rings. The summed E-state index contributed by atoms with van der Waals surface area (Å²) >= 11 is 4.73. The summed E-state index contributed by atoms with van der Waals surface area (Å²) in [7, 11) is 0. The fourth-order valence-corrected chi connectivity index (χ4v) is 1.18. The highest BCUT2D eigenvalue weighted by Crippen LogP contribution is 2.21. The first-order valence-electron chi connectivity index (χ1n) is 3.96. The van der Waals surface area contributed by atoms with Crippen LogP contribution in [0.3, 0.4) is 0 Å². The molecular formula is C7H13F3N2S. The molecule has 1 atom stereocenters. The Labute approximate surface area is 80.9 Å². The Balaban J connectivity index is 3.74. The van der Waals surface area contributed by atoms with Gasteiger partial charge in [0.05, 0.1) is 6.42 Å². The average Bonchev–Trinajstić information content (AvgIpc) is 1.81. The first-order valence-corrected chi connectivity index (χ1v) is 4.37. The van der Waals surface area contributed by atoms with Crippen LogP contribution in [0.25, 0.3) is 0 Å². The molecule has 2 N–H and O–H groups in total. The van der Waals surface area contributed by atoms with Crippen molar-refractivity contribution in [3.63, 3.8) is 0 Å². The quantitative estimate of drug-likeness (QED) is 0.701. The molecule has 0 amide bonds. The van der Waals surface area contributed by atoms with Crippen molar-refractivity contribution in [2.75, 3.05) is 6.54 Å². The first kappa shape index (κ1) is 12.5. The summed E-state index contributed by atoms with van der Waals surface area (Å²) in [5, 5.41) is 5.52. The van der Waals surface area contributed by atoms with Gasteiger partial charge >= 0.3 is 6.18 Å². The molecule has 1 unspecified atom stereocenters. The maximum absolute atomic E-state index is 11.8. The van der Waals surface area contributed by atoms with Gasteiger partial charge in [-0.2, -0.15) is 13.2 Å². The van der Waals surface area contributed by atoms with E-state index in [1.807, 2.05) is 6.92 Å². The molecule has 0 aromatic carbocycles. The largest absolute Gasteiger partial charge is 0.391 e. The normalized spacial score (nSPS) is 13.6. The minimum atomic E-state index is -4.14. The Kier molecular flexibility index (Phi) is 5.05. The molecule has 0 saturated carbocycles. The van der Waals surface area contributed by atoms with Crippen LogP contribution in [0.2, 0.25) is 0 Å². The summed E-state index contributed by atoms with van der Waals surface area (Å²) in [6, 6.07) is -0.688. The van der Waals surface area contributed by atoms with Gasteiger partial charge < -0.3 is 10.6 Å². The third kappa shape index (κ3) is 7.83. The summed E-state index contributed by atoms with van der Waals surface area (Å²) in [5.74, 6) is 0. The summed E-state index contributed by atoms with van der Waals surface area (Å²) < 4.78 is 35.5. The van der Waals surface area contributed by atoms with E-state index in [1.54, 1.807) is 0 Å². The Bertz CT molecular complexity index is 170. The van der Waals surface area contributed by atoms with Crippen LogP contribution in [0, 0.1) is 0 Å². The third-order valence-electron chi connectivity index (χ3n) is 1.25. The van der Waals surface area contributed by atoms with E-state index in [2.05, 4.69) is 10.6 Å². The minimum absolute atomic E-state index is 0.263. The molecule has 78 valence electrons. The average molecular weight is 214 g/mol. The molecule has 6 heteroatoms. The fourth-order valence-electron chi connectivity index (χ4n) is 0.834. The fraction of sp³-hybridized carbons (Fsp3) is 0.857. The molecule has 0 aromatic heterocycles. The van der Waals surface area contributed by atoms with Gasteiger partial charge in [0.2, 0.25) is 0 Å². The van der Waals surface area contributed by atoms with Crippen LogP contribution in [0.5, 0.6) is 0 Å². The minimum Gasteiger partial charge on any atom is -0.363 e. The molecule has 0 aliphatic carbocycles. The molecule has 0 saturated heterocycles. The van der Waals surface area contributed by atoms with Crippen molar-refractivity contribution in [3.05, 3.63) is 0 Å². The number of nitrogens with one attached hydrogen (secondary N) is 2. The van der Waals surface area contributed by atoms with Gasteiger partial charge in [-0.15, -0.1) is 0 Å². The van der Waals surface area contributed by atoms with E-state index in [0.29, 0.717) is 6.54 Å². The summed E-state index contributed by atoms with van der Waals surface area (Å²) in [6.07, 6.45) is -5.02. The highest BCUT2D eigenvalue weighted by Gasteiger charge is 2.30. The Morgan fingerprint density at radius 3 is 2.38 bits per heavy atom. The van der Waals surface area contributed by atoms with E-state index in [-0.39, 0.29) is 5.11 Å². The van der Waals surface area contributed by atoms with E-state index in [4.69, 9.17) is 12.2 Å². The molecular weight excluding hydrogens is 201 g/mol. The van der Waals surface area contributed by atoms with Gasteiger partial charge in [-0.25, -0.2) is 0 Å². The standard InChI is InChI=1S/C7H13F3N2S/c1-3-11-6(13)12-5(2)4-7(8,9)10/h5H,3-4H2,1-2H3,(H2,11,12,13). The van der Waals surface area contributed by atoms with Crippen LogP contribution in [0.4, 0.5) is 13.2 Å². The van der Waals surface area contributed by atoms with Crippen LogP contribution in [-0.4, -0.2) is 23.9 Å². The molecule has 0 heterocycles. The number of hydrogen-bond acceptors (Lipinski definition) is 1. The molecule has 0 aromatic rings. The van der Waals surface area contributed by atoms with Crippen molar-refractivity contribution < 1.29 is 13.2 Å². The zero-order valence-electron chi connectivity index (χ0n) is 7.53. The molecule has 0 spiro atoms. The zero-order valence-corrected chi connectivity index (χ0v) is 8.35. The second kappa shape index (κ2) is 5.26. The van der Waals surface area contributed by atoms with Crippen LogP contribution in [0.15, 0.2) is 0 Å². The summed E-state index contributed by atoms with van der Waals surface area (Å²) in [6.45, 7) is 3.87. The third-order valence-corrected chi connectivity index (χ3v) is 1.51. The maximum atomic E-state index is 11.8. The van der Waals surface area contributed by atoms with Gasteiger partial charge in [0.15, 0.2) is 5.11 Å². The van der Waals surface area contributed by atoms with Gasteiger partial charge in [-0.3, -0.25) is 0 Å².